The fourth-order valence-electron chi connectivity index (χ4n) is 2.79. The number of imidazole rings is 1. The summed E-state index contributed by atoms with van der Waals surface area (Å²) >= 11 is 5.36. The van der Waals surface area contributed by atoms with E-state index in [2.05, 4.69) is 27.5 Å². The topological polar surface area (TPSA) is 62.0 Å². The molecule has 0 aliphatic rings. The highest BCUT2D eigenvalue weighted by molar-refractivity contribution is 7.80. The first-order valence-electron chi connectivity index (χ1n) is 8.97. The molecule has 0 amide bonds. The predicted octanol–water partition coefficient (Wildman–Crippen LogP) is 5.26. The molecule has 0 atom stereocenters. The normalized spacial score (nSPS) is 10.6. The molecule has 3 aromatic carbocycles. The number of benzene rings is 3. The molecule has 0 spiro atoms. The van der Waals surface area contributed by atoms with Crippen LogP contribution < -0.4 is 15.4 Å². The summed E-state index contributed by atoms with van der Waals surface area (Å²) in [7, 11) is 0. The monoisotopic (exact) mass is 388 g/mol. The lowest BCUT2D eigenvalue weighted by Gasteiger charge is -2.11. The molecule has 0 unspecified atom stereocenters. The van der Waals surface area contributed by atoms with Crippen molar-refractivity contribution in [3.05, 3.63) is 84.2 Å². The van der Waals surface area contributed by atoms with Crippen molar-refractivity contribution in [3.63, 3.8) is 0 Å². The van der Waals surface area contributed by atoms with Crippen LogP contribution in [0.4, 0.5) is 11.4 Å². The molecule has 0 bridgehead atoms. The Morgan fingerprint density at radius 3 is 2.25 bits per heavy atom. The lowest BCUT2D eigenvalue weighted by molar-refractivity contribution is 0.297. The van der Waals surface area contributed by atoms with Gasteiger partial charge in [-0.05, 0) is 67.7 Å². The first kappa shape index (κ1) is 18.0. The first-order valence-corrected chi connectivity index (χ1v) is 9.38. The number of aromatic nitrogens is 2. The van der Waals surface area contributed by atoms with Crippen LogP contribution in [0.5, 0.6) is 5.75 Å². The molecule has 140 valence electrons. The lowest BCUT2D eigenvalue weighted by atomic mass is 10.2. The van der Waals surface area contributed by atoms with Crippen molar-refractivity contribution in [1.29, 1.82) is 0 Å². The number of para-hydroxylation sites is 2. The number of rotatable bonds is 5. The maximum absolute atomic E-state index is 5.82. The molecule has 0 saturated carbocycles. The highest BCUT2D eigenvalue weighted by atomic mass is 32.1. The Bertz CT molecular complexity index is 1050. The number of H-pyrrole nitrogens is 1. The molecule has 0 aliphatic carbocycles. The number of nitrogens with zero attached hydrogens (tertiary/aromatic N) is 1. The molecule has 3 N–H and O–H groups in total. The van der Waals surface area contributed by atoms with E-state index in [4.69, 9.17) is 17.0 Å². The molecule has 1 aromatic heterocycles. The number of anilines is 2. The Labute approximate surface area is 168 Å². The van der Waals surface area contributed by atoms with Crippen molar-refractivity contribution in [2.45, 2.75) is 13.5 Å². The van der Waals surface area contributed by atoms with Crippen molar-refractivity contribution in [3.8, 4) is 5.75 Å². The molecule has 6 heteroatoms. The maximum Gasteiger partial charge on any atom is 0.175 e. The van der Waals surface area contributed by atoms with E-state index in [1.165, 1.54) is 5.56 Å². The highest BCUT2D eigenvalue weighted by Gasteiger charge is 2.04. The van der Waals surface area contributed by atoms with Crippen molar-refractivity contribution in [2.24, 2.45) is 0 Å². The van der Waals surface area contributed by atoms with E-state index in [0.717, 1.165) is 34.0 Å². The molecule has 0 radical (unpaired) electrons. The molecule has 5 nitrogen and oxygen atoms in total. The summed E-state index contributed by atoms with van der Waals surface area (Å²) in [6.07, 6.45) is 0. The standard InChI is InChI=1S/C22H20N4OS/c1-15-6-8-16(9-7-15)23-22(28)24-17-10-12-18(13-11-17)27-14-21-25-19-4-2-3-5-20(19)26-21/h2-13H,14H2,1H3,(H,25,26)(H2,23,24,28). The van der Waals surface area contributed by atoms with Crippen molar-refractivity contribution in [1.82, 2.24) is 9.97 Å². The number of fused-ring (bicyclic) bond motifs is 1. The van der Waals surface area contributed by atoms with Crippen LogP contribution in [0.3, 0.4) is 0 Å². The molecule has 0 saturated heterocycles. The summed E-state index contributed by atoms with van der Waals surface area (Å²) in [5.74, 6) is 1.57. The average Bonchev–Trinajstić information content (AvgIpc) is 3.12. The van der Waals surface area contributed by atoms with Gasteiger partial charge in [-0.15, -0.1) is 0 Å². The smallest absolute Gasteiger partial charge is 0.175 e. The molecule has 1 heterocycles. The number of nitrogens with one attached hydrogen (secondary N) is 3. The number of aromatic amines is 1. The van der Waals surface area contributed by atoms with Crippen LogP contribution in [-0.4, -0.2) is 15.1 Å². The van der Waals surface area contributed by atoms with Crippen LogP contribution in [-0.2, 0) is 6.61 Å². The van der Waals surface area contributed by atoms with E-state index in [9.17, 15) is 0 Å². The molecule has 0 fully saturated rings. The summed E-state index contributed by atoms with van der Waals surface area (Å²) in [5.41, 5.74) is 5.00. The summed E-state index contributed by atoms with van der Waals surface area (Å²) in [6.45, 7) is 2.44. The van der Waals surface area contributed by atoms with Gasteiger partial charge in [0.2, 0.25) is 0 Å². The Morgan fingerprint density at radius 1 is 0.929 bits per heavy atom. The first-order chi connectivity index (χ1) is 13.7. The summed E-state index contributed by atoms with van der Waals surface area (Å²) in [6, 6.07) is 23.7. The van der Waals surface area contributed by atoms with Gasteiger partial charge < -0.3 is 20.4 Å². The van der Waals surface area contributed by atoms with Gasteiger partial charge >= 0.3 is 0 Å². The minimum Gasteiger partial charge on any atom is -0.486 e. The Kier molecular flexibility index (Phi) is 5.21. The van der Waals surface area contributed by atoms with Gasteiger partial charge in [0.15, 0.2) is 5.11 Å². The summed E-state index contributed by atoms with van der Waals surface area (Å²) in [4.78, 5) is 7.77. The van der Waals surface area contributed by atoms with Gasteiger partial charge in [-0.1, -0.05) is 29.8 Å². The number of thiocarbonyl (C=S) groups is 1. The van der Waals surface area contributed by atoms with Gasteiger partial charge in [0, 0.05) is 11.4 Å². The number of ether oxygens (including phenoxy) is 1. The third-order valence-electron chi connectivity index (χ3n) is 4.24. The van der Waals surface area contributed by atoms with Crippen molar-refractivity contribution in [2.75, 3.05) is 10.6 Å². The van der Waals surface area contributed by atoms with Crippen LogP contribution in [0, 0.1) is 6.92 Å². The minimum atomic E-state index is 0.384. The predicted molar refractivity (Wildman–Crippen MR) is 118 cm³/mol. The third kappa shape index (κ3) is 4.47. The second-order valence-electron chi connectivity index (χ2n) is 6.46. The molecular formula is C22H20N4OS. The van der Waals surface area contributed by atoms with Gasteiger partial charge in [0.25, 0.3) is 0 Å². The van der Waals surface area contributed by atoms with Crippen molar-refractivity contribution >= 4 is 39.7 Å². The molecule has 28 heavy (non-hydrogen) atoms. The van der Waals surface area contributed by atoms with Crippen LogP contribution in [0.1, 0.15) is 11.4 Å². The van der Waals surface area contributed by atoms with Gasteiger partial charge in [-0.25, -0.2) is 4.98 Å². The van der Waals surface area contributed by atoms with Crippen LogP contribution in [0.25, 0.3) is 11.0 Å². The van der Waals surface area contributed by atoms with E-state index in [1.54, 1.807) is 0 Å². The number of hydrogen-bond acceptors (Lipinski definition) is 3. The van der Waals surface area contributed by atoms with Gasteiger partial charge in [0.05, 0.1) is 11.0 Å². The molecule has 4 aromatic rings. The Morgan fingerprint density at radius 2 is 1.57 bits per heavy atom. The van der Waals surface area contributed by atoms with Crippen LogP contribution in [0.2, 0.25) is 0 Å². The molecular weight excluding hydrogens is 368 g/mol. The van der Waals surface area contributed by atoms with Crippen LogP contribution in [0.15, 0.2) is 72.8 Å². The fraction of sp³-hybridized carbons (Fsp3) is 0.0909. The maximum atomic E-state index is 5.82. The zero-order valence-electron chi connectivity index (χ0n) is 15.4. The van der Waals surface area contributed by atoms with Gasteiger partial charge in [-0.3, -0.25) is 0 Å². The Balaban J connectivity index is 1.31. The second-order valence-corrected chi connectivity index (χ2v) is 6.87. The van der Waals surface area contributed by atoms with Gasteiger partial charge in [0.1, 0.15) is 18.2 Å². The second kappa shape index (κ2) is 8.10. The van der Waals surface area contributed by atoms with E-state index in [0.29, 0.717) is 11.7 Å². The average molecular weight is 388 g/mol. The lowest BCUT2D eigenvalue weighted by Crippen LogP contribution is -2.18. The quantitative estimate of drug-likeness (QED) is 0.407. The Hall–Kier alpha value is -3.38. The zero-order chi connectivity index (χ0) is 19.3. The van der Waals surface area contributed by atoms with E-state index < -0.39 is 0 Å². The van der Waals surface area contributed by atoms with E-state index >= 15 is 0 Å². The largest absolute Gasteiger partial charge is 0.486 e. The number of hydrogen-bond donors (Lipinski definition) is 3. The summed E-state index contributed by atoms with van der Waals surface area (Å²) in [5, 5.41) is 6.88. The number of aryl methyl sites for hydroxylation is 1. The van der Waals surface area contributed by atoms with E-state index in [-0.39, 0.29) is 0 Å². The molecule has 0 aliphatic heterocycles. The third-order valence-corrected chi connectivity index (χ3v) is 4.44. The van der Waals surface area contributed by atoms with Gasteiger partial charge in [-0.2, -0.15) is 0 Å². The van der Waals surface area contributed by atoms with Crippen molar-refractivity contribution < 1.29 is 4.74 Å². The highest BCUT2D eigenvalue weighted by Crippen LogP contribution is 2.18. The van der Waals surface area contributed by atoms with Crippen LogP contribution >= 0.6 is 12.2 Å². The molecule has 4 rings (SSSR count). The zero-order valence-corrected chi connectivity index (χ0v) is 16.2. The SMILES string of the molecule is Cc1ccc(NC(=S)Nc2ccc(OCc3nc4ccccc4[nH]3)cc2)cc1. The fourth-order valence-corrected chi connectivity index (χ4v) is 3.03. The summed E-state index contributed by atoms with van der Waals surface area (Å²) < 4.78 is 5.82. The van der Waals surface area contributed by atoms with E-state index in [1.807, 2.05) is 72.8 Å². The minimum absolute atomic E-state index is 0.384.